The van der Waals surface area contributed by atoms with E-state index in [0.717, 1.165) is 43.2 Å². The van der Waals surface area contributed by atoms with Crippen LogP contribution in [0.15, 0.2) is 88.2 Å². The number of nitrogens with zero attached hydrogens (tertiary/aromatic N) is 3. The van der Waals surface area contributed by atoms with Crippen molar-refractivity contribution in [1.82, 2.24) is 9.71 Å². The second-order valence-corrected chi connectivity index (χ2v) is 21.2. The number of rotatable bonds is 23. The van der Waals surface area contributed by atoms with Crippen LogP contribution in [0.4, 0.5) is 16.2 Å². The number of methoxy groups -OCH3 is 1. The molecule has 1 fully saturated rings. The lowest BCUT2D eigenvalue weighted by atomic mass is 9.87. The molecular formula is C55H66ClN5O8S. The summed E-state index contributed by atoms with van der Waals surface area (Å²) < 4.78 is 46.3. The average Bonchev–Trinajstić information content (AvgIpc) is 4.03. The summed E-state index contributed by atoms with van der Waals surface area (Å²) in [6, 6.07) is 23.0. The summed E-state index contributed by atoms with van der Waals surface area (Å²) in [6.45, 7) is 10.7. The zero-order valence-electron chi connectivity index (χ0n) is 41.2. The molecule has 13 nitrogen and oxygen atoms in total. The number of carbonyl (C=O) groups is 3. The highest BCUT2D eigenvalue weighted by Gasteiger charge is 2.37. The van der Waals surface area contributed by atoms with E-state index in [-0.39, 0.29) is 50.6 Å². The van der Waals surface area contributed by atoms with Gasteiger partial charge in [-0.15, -0.1) is 0 Å². The molecule has 2 N–H and O–H groups in total. The van der Waals surface area contributed by atoms with E-state index >= 15 is 0 Å². The number of unbranched alkanes of at least 4 members (excludes halogenated alkanes) is 9. The Morgan fingerprint density at radius 2 is 1.59 bits per heavy atom. The van der Waals surface area contributed by atoms with E-state index < -0.39 is 33.9 Å². The number of amides is 2. The van der Waals surface area contributed by atoms with Crippen molar-refractivity contribution in [3.05, 3.63) is 112 Å². The molecule has 1 aliphatic carbocycles. The number of carbonyl (C=O) groups excluding carboxylic acids is 3. The predicted molar refractivity (Wildman–Crippen MR) is 277 cm³/mol. The summed E-state index contributed by atoms with van der Waals surface area (Å²) in [6.07, 6.45) is 13.1. The molecule has 1 saturated carbocycles. The van der Waals surface area contributed by atoms with Gasteiger partial charge in [-0.05, 0) is 121 Å². The molecule has 1 atom stereocenters. The van der Waals surface area contributed by atoms with Crippen LogP contribution in [0, 0.1) is 18.3 Å². The van der Waals surface area contributed by atoms with Gasteiger partial charge in [0, 0.05) is 23.8 Å². The number of allylic oxidation sites excluding steroid dienone is 1. The van der Waals surface area contributed by atoms with Gasteiger partial charge in [0.25, 0.3) is 5.91 Å². The second-order valence-electron chi connectivity index (χ2n) is 19.0. The third kappa shape index (κ3) is 14.1. The van der Waals surface area contributed by atoms with Crippen LogP contribution in [0.5, 0.6) is 5.75 Å². The van der Waals surface area contributed by atoms with Gasteiger partial charge in [-0.2, -0.15) is 5.26 Å². The van der Waals surface area contributed by atoms with Gasteiger partial charge in [0.15, 0.2) is 5.58 Å². The topological polar surface area (TPSA) is 181 Å². The summed E-state index contributed by atoms with van der Waals surface area (Å²) in [4.78, 5) is 49.0. The lowest BCUT2D eigenvalue weighted by Crippen LogP contribution is -2.46. The Hall–Kier alpha value is -6.01. The minimum Gasteiger partial charge on any atom is -0.497 e. The number of hydrogen-bond donors (Lipinski definition) is 2. The number of fused-ring (bicyclic) bond motifs is 1. The molecule has 0 bridgehead atoms. The normalized spacial score (nSPS) is 13.8. The van der Waals surface area contributed by atoms with E-state index in [4.69, 9.17) is 25.5 Å². The zero-order valence-corrected chi connectivity index (χ0v) is 42.8. The van der Waals surface area contributed by atoms with Crippen LogP contribution >= 0.6 is 11.6 Å². The molecule has 1 aliphatic rings. The van der Waals surface area contributed by atoms with Gasteiger partial charge in [-0.1, -0.05) is 122 Å². The molecule has 1 heterocycles. The Kier molecular flexibility index (Phi) is 18.8. The number of aromatic nitrogens is 1. The average molecular weight is 993 g/mol. The molecule has 1 aromatic heterocycles. The lowest BCUT2D eigenvalue weighted by molar-refractivity contribution is -0.122. The second kappa shape index (κ2) is 24.7. The first-order valence-electron chi connectivity index (χ1n) is 24.4. The maximum Gasteiger partial charge on any atom is 0.415 e. The number of nitriles is 1. The molecule has 0 spiro atoms. The quantitative estimate of drug-likeness (QED) is 0.0277. The lowest BCUT2D eigenvalue weighted by Gasteiger charge is -2.30. The first-order valence-corrected chi connectivity index (χ1v) is 26.3. The van der Waals surface area contributed by atoms with E-state index in [1.807, 2.05) is 25.1 Å². The number of ether oxygens (including phenoxy) is 2. The van der Waals surface area contributed by atoms with Crippen LogP contribution in [0.1, 0.15) is 151 Å². The molecule has 70 heavy (non-hydrogen) atoms. The summed E-state index contributed by atoms with van der Waals surface area (Å²) in [5.74, 6) is -1.14. The van der Waals surface area contributed by atoms with Gasteiger partial charge in [-0.25, -0.2) is 22.9 Å². The highest BCUT2D eigenvalue weighted by molar-refractivity contribution is 7.89. The number of Topliss-reactive ketones (excluding diaryl/α,β-unsaturated/α-hetero) is 1. The van der Waals surface area contributed by atoms with Crippen LogP contribution in [0.25, 0.3) is 22.7 Å². The molecule has 6 rings (SSSR count). The molecular weight excluding hydrogens is 926 g/mol. The van der Waals surface area contributed by atoms with Gasteiger partial charge in [0.1, 0.15) is 22.9 Å². The predicted octanol–water partition coefficient (Wildman–Crippen LogP) is 13.1. The van der Waals surface area contributed by atoms with Crippen molar-refractivity contribution in [3.8, 4) is 11.8 Å². The fourth-order valence-corrected chi connectivity index (χ4v) is 9.95. The molecule has 5 aromatic rings. The summed E-state index contributed by atoms with van der Waals surface area (Å²) in [5, 5.41) is 12.7. The van der Waals surface area contributed by atoms with E-state index in [1.165, 1.54) is 80.9 Å². The summed E-state index contributed by atoms with van der Waals surface area (Å²) in [7, 11) is -2.44. The van der Waals surface area contributed by atoms with Crippen molar-refractivity contribution in [2.75, 3.05) is 23.9 Å². The number of ketones is 1. The van der Waals surface area contributed by atoms with E-state index in [9.17, 15) is 28.1 Å². The van der Waals surface area contributed by atoms with Crippen molar-refractivity contribution in [1.29, 1.82) is 5.26 Å². The van der Waals surface area contributed by atoms with Gasteiger partial charge in [-0.3, -0.25) is 14.5 Å². The minimum atomic E-state index is -3.92. The van der Waals surface area contributed by atoms with Gasteiger partial charge in [0.2, 0.25) is 27.8 Å². The SMILES string of the molecule is CCCCCCCCCCCCNS(=O)(=O)c1ccc(NC(=O)C(OC(=O)N(c2ccc(C=C(C#N)c3nc4cc(C(C)(C)C)ccc4o3)c(C)c2)C2CCCC2)C(=O)c2ccc(OC)cc2)c(Cl)c1. The Balaban J connectivity index is 1.19. The molecule has 0 saturated heterocycles. The maximum atomic E-state index is 14.5. The van der Waals surface area contributed by atoms with Crippen molar-refractivity contribution in [3.63, 3.8) is 0 Å². The van der Waals surface area contributed by atoms with E-state index in [0.29, 0.717) is 47.4 Å². The van der Waals surface area contributed by atoms with Crippen molar-refractivity contribution in [2.24, 2.45) is 0 Å². The standard InChI is InChI=1S/C55H66ClN5O8S/c1-7-8-9-10-11-12-13-14-15-18-31-58-70(65,66)45-28-29-47(46(56)35-45)59-52(63)51(50(62)38-22-26-44(67-6)27-23-38)69-54(64)61(42-19-16-17-20-42)43-25-21-39(37(2)32-43)33-40(36-57)53-60-48-34-41(55(3,4)5)24-30-49(48)68-53/h21-30,32-35,42,51,58H,7-20,31H2,1-6H3,(H,59,63). The third-order valence-electron chi connectivity index (χ3n) is 12.7. The number of hydrogen-bond acceptors (Lipinski definition) is 10. The molecule has 0 aliphatic heterocycles. The highest BCUT2D eigenvalue weighted by atomic mass is 35.5. The number of aryl methyl sites for hydroxylation is 1. The van der Waals surface area contributed by atoms with Crippen molar-refractivity contribution >= 4 is 73.5 Å². The van der Waals surface area contributed by atoms with Crippen molar-refractivity contribution in [2.45, 2.75) is 147 Å². The molecule has 15 heteroatoms. The van der Waals surface area contributed by atoms with Crippen LogP contribution in [0.3, 0.4) is 0 Å². The number of oxazole rings is 1. The Labute approximate surface area is 418 Å². The Morgan fingerprint density at radius 3 is 2.20 bits per heavy atom. The molecule has 0 radical (unpaired) electrons. The fourth-order valence-electron chi connectivity index (χ4n) is 8.56. The largest absolute Gasteiger partial charge is 0.497 e. The summed E-state index contributed by atoms with van der Waals surface area (Å²) >= 11 is 6.60. The first-order chi connectivity index (χ1) is 33.5. The van der Waals surface area contributed by atoms with Gasteiger partial charge in [0.05, 0.1) is 22.7 Å². The third-order valence-corrected chi connectivity index (χ3v) is 14.5. The van der Waals surface area contributed by atoms with Crippen LogP contribution in [-0.4, -0.2) is 57.0 Å². The number of nitrogens with one attached hydrogen (secondary N) is 2. The molecule has 372 valence electrons. The van der Waals surface area contributed by atoms with Crippen LogP contribution in [-0.2, 0) is 25.0 Å². The number of benzene rings is 4. The molecule has 2 amide bonds. The van der Waals surface area contributed by atoms with Crippen molar-refractivity contribution < 1.29 is 36.7 Å². The minimum absolute atomic E-state index is 0.0139. The van der Waals surface area contributed by atoms with Crippen LogP contribution in [0.2, 0.25) is 5.02 Å². The van der Waals surface area contributed by atoms with Gasteiger partial charge < -0.3 is 19.2 Å². The number of halogens is 1. The van der Waals surface area contributed by atoms with E-state index in [2.05, 4.69) is 48.8 Å². The monoisotopic (exact) mass is 991 g/mol. The van der Waals surface area contributed by atoms with Crippen LogP contribution < -0.4 is 19.7 Å². The fraction of sp³-hybridized carbons (Fsp3) is 0.436. The highest BCUT2D eigenvalue weighted by Crippen LogP contribution is 2.34. The maximum absolute atomic E-state index is 14.5. The molecule has 4 aromatic carbocycles. The number of anilines is 2. The van der Waals surface area contributed by atoms with Gasteiger partial charge >= 0.3 is 6.09 Å². The number of sulfonamides is 1. The Morgan fingerprint density at radius 1 is 0.914 bits per heavy atom. The van der Waals surface area contributed by atoms with E-state index in [1.54, 1.807) is 36.4 Å². The molecule has 1 unspecified atom stereocenters. The zero-order chi connectivity index (χ0) is 50.4. The first kappa shape index (κ1) is 53.3. The summed E-state index contributed by atoms with van der Waals surface area (Å²) in [5.41, 5.74) is 4.39. The smallest absolute Gasteiger partial charge is 0.415 e. The Bertz CT molecular complexity index is 2800.